The highest BCUT2D eigenvalue weighted by Gasteiger charge is 1.99. The molecule has 0 bridgehead atoms. The highest BCUT2D eigenvalue weighted by Crippen LogP contribution is 2.08. The van der Waals surface area contributed by atoms with Crippen molar-refractivity contribution in [3.63, 3.8) is 0 Å². The van der Waals surface area contributed by atoms with Gasteiger partial charge in [0.25, 0.3) is 0 Å². The van der Waals surface area contributed by atoms with Gasteiger partial charge in [0.15, 0.2) is 0 Å². The summed E-state index contributed by atoms with van der Waals surface area (Å²) in [5, 5.41) is 3.74. The summed E-state index contributed by atoms with van der Waals surface area (Å²) >= 11 is 0. The van der Waals surface area contributed by atoms with Gasteiger partial charge < -0.3 is 4.52 Å². The number of rotatable bonds is 0. The van der Waals surface area contributed by atoms with Gasteiger partial charge >= 0.3 is 0 Å². The average molecular weight is 143 g/mol. The van der Waals surface area contributed by atoms with Gasteiger partial charge in [-0.1, -0.05) is 20.0 Å². The molecule has 0 spiro atoms. The van der Waals surface area contributed by atoms with Crippen molar-refractivity contribution in [2.45, 2.75) is 35.6 Å². The van der Waals surface area contributed by atoms with Gasteiger partial charge in [-0.2, -0.15) is 0 Å². The second-order valence-electron chi connectivity index (χ2n) is 1.95. The first-order chi connectivity index (χ1) is 3.72. The zero-order valence-corrected chi connectivity index (χ0v) is 5.36. The molecule has 0 amide bonds. The van der Waals surface area contributed by atoms with Crippen molar-refractivity contribution in [3.05, 3.63) is 17.0 Å². The molecule has 0 atom stereocenters. The highest BCUT2D eigenvalue weighted by molar-refractivity contribution is 5.17. The lowest BCUT2D eigenvalue weighted by Gasteiger charge is -1.80. The molecule has 0 unspecified atom stereocenters. The fourth-order valence-electron chi connectivity index (χ4n) is 0.529. The summed E-state index contributed by atoms with van der Waals surface area (Å²) in [4.78, 5) is 0. The van der Waals surface area contributed by atoms with Crippen LogP contribution in [-0.4, -0.2) is 5.16 Å². The van der Waals surface area contributed by atoms with E-state index in [4.69, 9.17) is 4.52 Å². The Labute approximate surface area is 63.2 Å². The number of aromatic nitrogens is 1. The summed E-state index contributed by atoms with van der Waals surface area (Å²) in [7, 11) is 0. The molecule has 0 saturated carbocycles. The molecule has 2 nitrogen and oxygen atoms in total. The van der Waals surface area contributed by atoms with Crippen LogP contribution in [0.4, 0.5) is 0 Å². The maximum absolute atomic E-state index is 4.84. The molecule has 1 rings (SSSR count). The third-order valence-corrected chi connectivity index (χ3v) is 1.39. The summed E-state index contributed by atoms with van der Waals surface area (Å²) in [6, 6.07) is 0. The molecular weight excluding hydrogens is 126 g/mol. The van der Waals surface area contributed by atoms with Crippen LogP contribution in [0.1, 0.15) is 31.9 Å². The Morgan fingerprint density at radius 3 is 1.70 bits per heavy atom. The van der Waals surface area contributed by atoms with Crippen molar-refractivity contribution in [1.82, 2.24) is 5.16 Å². The van der Waals surface area contributed by atoms with Crippen LogP contribution in [0, 0.1) is 20.8 Å². The number of hydrogen-bond acceptors (Lipinski definition) is 2. The topological polar surface area (TPSA) is 26.0 Å². The lowest BCUT2D eigenvalue weighted by molar-refractivity contribution is 0.392. The van der Waals surface area contributed by atoms with Gasteiger partial charge in [-0.3, -0.25) is 0 Å². The molecule has 60 valence electrons. The zero-order chi connectivity index (χ0) is 6.15. The van der Waals surface area contributed by atoms with Crippen molar-refractivity contribution < 1.29 is 4.52 Å². The minimum atomic E-state index is 0. The van der Waals surface area contributed by atoms with Crippen molar-refractivity contribution in [2.75, 3.05) is 0 Å². The zero-order valence-electron chi connectivity index (χ0n) is 5.36. The second-order valence-corrected chi connectivity index (χ2v) is 1.95. The van der Waals surface area contributed by atoms with E-state index in [-0.39, 0.29) is 14.9 Å². The molecule has 0 fully saturated rings. The van der Waals surface area contributed by atoms with Crippen molar-refractivity contribution in [3.8, 4) is 0 Å². The Kier molecular flexibility index (Phi) is 4.89. The molecule has 0 aliphatic carbocycles. The molecule has 1 aromatic heterocycles. The standard InChI is InChI=1S/C6H9NO.2CH4/c1-4-5(2)7-8-6(4)3;;/h1-3H3;2*1H4. The Morgan fingerprint density at radius 1 is 1.10 bits per heavy atom. The van der Waals surface area contributed by atoms with Gasteiger partial charge in [-0.15, -0.1) is 0 Å². The number of nitrogens with zero attached hydrogens (tertiary/aromatic N) is 1. The monoisotopic (exact) mass is 143 g/mol. The first-order valence-corrected chi connectivity index (χ1v) is 2.61. The number of aryl methyl sites for hydroxylation is 2. The van der Waals surface area contributed by atoms with E-state index in [1.165, 1.54) is 0 Å². The molecule has 2 heteroatoms. The van der Waals surface area contributed by atoms with Crippen molar-refractivity contribution in [2.24, 2.45) is 0 Å². The minimum Gasteiger partial charge on any atom is -0.361 e. The SMILES string of the molecule is C.C.Cc1noc(C)c1C. The van der Waals surface area contributed by atoms with Crippen LogP contribution in [0.2, 0.25) is 0 Å². The third kappa shape index (κ3) is 1.87. The molecular formula is C8H17NO. The quantitative estimate of drug-likeness (QED) is 0.558. The van der Waals surface area contributed by atoms with E-state index in [9.17, 15) is 0 Å². The van der Waals surface area contributed by atoms with Crippen molar-refractivity contribution in [1.29, 1.82) is 0 Å². The van der Waals surface area contributed by atoms with Gasteiger partial charge in [0.05, 0.1) is 5.69 Å². The van der Waals surface area contributed by atoms with Crippen LogP contribution < -0.4 is 0 Å². The normalized spacial score (nSPS) is 7.90. The molecule has 0 radical (unpaired) electrons. The minimum absolute atomic E-state index is 0. The maximum atomic E-state index is 4.84. The third-order valence-electron chi connectivity index (χ3n) is 1.39. The van der Waals surface area contributed by atoms with Crippen LogP contribution >= 0.6 is 0 Å². The molecule has 0 aromatic carbocycles. The first kappa shape index (κ1) is 11.9. The molecule has 0 N–H and O–H groups in total. The summed E-state index contributed by atoms with van der Waals surface area (Å²) in [6.07, 6.45) is 0. The van der Waals surface area contributed by atoms with Crippen LogP contribution in [-0.2, 0) is 0 Å². The van der Waals surface area contributed by atoms with E-state index in [1.54, 1.807) is 0 Å². The van der Waals surface area contributed by atoms with Gasteiger partial charge in [0.2, 0.25) is 0 Å². The highest BCUT2D eigenvalue weighted by atomic mass is 16.5. The summed E-state index contributed by atoms with van der Waals surface area (Å²) in [5.41, 5.74) is 2.15. The largest absolute Gasteiger partial charge is 0.361 e. The van der Waals surface area contributed by atoms with E-state index >= 15 is 0 Å². The predicted molar refractivity (Wildman–Crippen MR) is 44.2 cm³/mol. The molecule has 0 aliphatic heterocycles. The van der Waals surface area contributed by atoms with E-state index < -0.39 is 0 Å². The summed E-state index contributed by atoms with van der Waals surface area (Å²) in [6.45, 7) is 5.85. The predicted octanol–water partition coefficient (Wildman–Crippen LogP) is 2.87. The average Bonchev–Trinajstić information content (AvgIpc) is 1.98. The molecule has 0 aliphatic rings. The fourth-order valence-corrected chi connectivity index (χ4v) is 0.529. The van der Waals surface area contributed by atoms with Gasteiger partial charge in [-0.05, 0) is 20.8 Å². The van der Waals surface area contributed by atoms with Crippen molar-refractivity contribution >= 4 is 0 Å². The van der Waals surface area contributed by atoms with E-state index in [1.807, 2.05) is 20.8 Å². The molecule has 1 aromatic rings. The van der Waals surface area contributed by atoms with Gasteiger partial charge in [0, 0.05) is 5.56 Å². The smallest absolute Gasteiger partial charge is 0.136 e. The van der Waals surface area contributed by atoms with Gasteiger partial charge in [-0.25, -0.2) is 0 Å². The van der Waals surface area contributed by atoms with Crippen LogP contribution in [0.5, 0.6) is 0 Å². The first-order valence-electron chi connectivity index (χ1n) is 2.61. The Morgan fingerprint density at radius 2 is 1.60 bits per heavy atom. The maximum Gasteiger partial charge on any atom is 0.136 e. The Bertz CT molecular complexity index is 172. The molecule has 0 saturated heterocycles. The van der Waals surface area contributed by atoms with Crippen LogP contribution in [0.25, 0.3) is 0 Å². The van der Waals surface area contributed by atoms with E-state index in [2.05, 4.69) is 5.16 Å². The number of hydrogen-bond donors (Lipinski definition) is 0. The fraction of sp³-hybridized carbons (Fsp3) is 0.625. The van der Waals surface area contributed by atoms with Gasteiger partial charge in [0.1, 0.15) is 5.76 Å². The summed E-state index contributed by atoms with van der Waals surface area (Å²) in [5.74, 6) is 0.919. The summed E-state index contributed by atoms with van der Waals surface area (Å²) < 4.78 is 4.84. The lowest BCUT2D eigenvalue weighted by Crippen LogP contribution is -1.73. The van der Waals surface area contributed by atoms with Crippen LogP contribution in [0.3, 0.4) is 0 Å². The van der Waals surface area contributed by atoms with E-state index in [0.717, 1.165) is 17.0 Å². The Balaban J connectivity index is 0. The second kappa shape index (κ2) is 4.09. The Hall–Kier alpha value is -0.790. The molecule has 1 heterocycles. The van der Waals surface area contributed by atoms with E-state index in [0.29, 0.717) is 0 Å². The van der Waals surface area contributed by atoms with Crippen LogP contribution in [0.15, 0.2) is 4.52 Å². The molecule has 10 heavy (non-hydrogen) atoms. The lowest BCUT2D eigenvalue weighted by atomic mass is 10.2.